The molecule has 13 heteroatoms. The summed E-state index contributed by atoms with van der Waals surface area (Å²) in [4.78, 5) is 42.8. The molecule has 0 fully saturated rings. The number of rotatable bonds is 11. The standard InChI is InChI=1S/C35H40N8O4S/c1-35(2,3)22-18-26(31(46-7)27(19-22)40-34-41-28(20-48-34)32(44)43(6)17-16-42(4)5)39-33(45)38-25-12-13-29(24-11-9-8-10-23(24)25)47-30-14-15-36-21-37-30/h8-15,18-21H,16-17H2,1-7H3,(H,40,41)(H2,38,39,45). The maximum absolute atomic E-state index is 13.5. The first kappa shape index (κ1) is 34.1. The number of methoxy groups -OCH3 is 1. The van der Waals surface area contributed by atoms with Gasteiger partial charge in [-0.1, -0.05) is 45.0 Å². The topological polar surface area (TPSA) is 134 Å². The lowest BCUT2D eigenvalue weighted by atomic mass is 9.86. The summed E-state index contributed by atoms with van der Waals surface area (Å²) in [6.07, 6.45) is 3.03. The van der Waals surface area contributed by atoms with Crippen LogP contribution in [0.15, 0.2) is 72.5 Å². The summed E-state index contributed by atoms with van der Waals surface area (Å²) in [5, 5.41) is 13.1. The molecule has 12 nitrogen and oxygen atoms in total. The van der Waals surface area contributed by atoms with E-state index in [1.54, 1.807) is 48.8 Å². The van der Waals surface area contributed by atoms with Crippen molar-refractivity contribution in [1.82, 2.24) is 24.8 Å². The summed E-state index contributed by atoms with van der Waals surface area (Å²) in [5.41, 5.74) is 2.71. The number of carbonyl (C=O) groups is 2. The van der Waals surface area contributed by atoms with Gasteiger partial charge in [-0.2, -0.15) is 0 Å². The Morgan fingerprint density at radius 1 is 0.917 bits per heavy atom. The van der Waals surface area contributed by atoms with E-state index in [0.717, 1.165) is 22.9 Å². The van der Waals surface area contributed by atoms with Gasteiger partial charge in [0.2, 0.25) is 5.88 Å². The number of ether oxygens (including phenoxy) is 2. The van der Waals surface area contributed by atoms with Gasteiger partial charge in [0.15, 0.2) is 10.9 Å². The minimum absolute atomic E-state index is 0.156. The van der Waals surface area contributed by atoms with Crippen LogP contribution in [0.4, 0.5) is 27.0 Å². The van der Waals surface area contributed by atoms with Gasteiger partial charge in [-0.15, -0.1) is 11.3 Å². The average Bonchev–Trinajstić information content (AvgIpc) is 3.52. The second-order valence-corrected chi connectivity index (χ2v) is 13.3. The molecule has 250 valence electrons. The molecule has 0 saturated carbocycles. The largest absolute Gasteiger partial charge is 0.492 e. The Morgan fingerprint density at radius 3 is 2.33 bits per heavy atom. The first-order chi connectivity index (χ1) is 22.9. The second-order valence-electron chi connectivity index (χ2n) is 12.4. The van der Waals surface area contributed by atoms with Crippen molar-refractivity contribution in [3.8, 4) is 17.4 Å². The lowest BCUT2D eigenvalue weighted by Gasteiger charge is -2.24. The van der Waals surface area contributed by atoms with Crippen LogP contribution < -0.4 is 25.4 Å². The van der Waals surface area contributed by atoms with Crippen LogP contribution in [0.3, 0.4) is 0 Å². The van der Waals surface area contributed by atoms with Crippen LogP contribution in [0.5, 0.6) is 17.4 Å². The molecule has 48 heavy (non-hydrogen) atoms. The average molecular weight is 669 g/mol. The summed E-state index contributed by atoms with van der Waals surface area (Å²) in [6.45, 7) is 7.59. The molecule has 2 heterocycles. The van der Waals surface area contributed by atoms with Gasteiger partial charge in [0.05, 0.1) is 24.2 Å². The Morgan fingerprint density at radius 2 is 1.65 bits per heavy atom. The Kier molecular flexibility index (Phi) is 10.4. The molecule has 0 bridgehead atoms. The zero-order chi connectivity index (χ0) is 34.4. The predicted molar refractivity (Wildman–Crippen MR) is 191 cm³/mol. The molecule has 0 radical (unpaired) electrons. The zero-order valence-corrected chi connectivity index (χ0v) is 28.9. The van der Waals surface area contributed by atoms with E-state index >= 15 is 0 Å². The van der Waals surface area contributed by atoms with Gasteiger partial charge in [0.25, 0.3) is 5.91 Å². The van der Waals surface area contributed by atoms with Gasteiger partial charge in [-0.25, -0.2) is 19.7 Å². The van der Waals surface area contributed by atoms with E-state index in [4.69, 9.17) is 9.47 Å². The van der Waals surface area contributed by atoms with Crippen LogP contribution >= 0.6 is 11.3 Å². The van der Waals surface area contributed by atoms with Crippen molar-refractivity contribution < 1.29 is 19.1 Å². The number of carbonyl (C=O) groups excluding carboxylic acids is 2. The molecule has 3 aromatic carbocycles. The second kappa shape index (κ2) is 14.7. The van der Waals surface area contributed by atoms with Crippen molar-refractivity contribution in [2.75, 3.05) is 57.3 Å². The molecule has 0 aliphatic carbocycles. The lowest BCUT2D eigenvalue weighted by Crippen LogP contribution is -2.33. The maximum Gasteiger partial charge on any atom is 0.323 e. The number of likely N-dealkylation sites (N-methyl/N-ethyl adjacent to an activating group) is 2. The maximum atomic E-state index is 13.5. The highest BCUT2D eigenvalue weighted by molar-refractivity contribution is 7.14. The molecule has 0 saturated heterocycles. The molecule has 3 amide bonds. The number of thiazole rings is 1. The molecule has 5 rings (SSSR count). The minimum atomic E-state index is -0.456. The first-order valence-corrected chi connectivity index (χ1v) is 16.2. The number of hydrogen-bond acceptors (Lipinski definition) is 10. The van der Waals surface area contributed by atoms with Gasteiger partial charge >= 0.3 is 6.03 Å². The van der Waals surface area contributed by atoms with Crippen LogP contribution in [0, 0.1) is 0 Å². The highest BCUT2D eigenvalue weighted by atomic mass is 32.1. The van der Waals surface area contributed by atoms with Crippen molar-refractivity contribution in [3.63, 3.8) is 0 Å². The highest BCUT2D eigenvalue weighted by Crippen LogP contribution is 2.41. The number of fused-ring (bicyclic) bond motifs is 1. The minimum Gasteiger partial charge on any atom is -0.492 e. The Labute approximate surface area is 284 Å². The third-order valence-electron chi connectivity index (χ3n) is 7.50. The molecule has 3 N–H and O–H groups in total. The number of benzene rings is 3. The van der Waals surface area contributed by atoms with Crippen molar-refractivity contribution in [1.29, 1.82) is 0 Å². The van der Waals surface area contributed by atoms with Crippen LogP contribution in [-0.2, 0) is 5.41 Å². The van der Waals surface area contributed by atoms with Gasteiger partial charge in [-0.3, -0.25) is 4.79 Å². The SMILES string of the molecule is COc1c(NC(=O)Nc2ccc(Oc3ccncn3)c3ccccc23)cc(C(C)(C)C)cc1Nc1nc(C(=O)N(C)CCN(C)C)cs1. The number of hydrogen-bond donors (Lipinski definition) is 3. The number of nitrogens with zero attached hydrogens (tertiary/aromatic N) is 5. The normalized spacial score (nSPS) is 11.3. The van der Waals surface area contributed by atoms with Gasteiger partial charge in [0, 0.05) is 48.6 Å². The van der Waals surface area contributed by atoms with Gasteiger partial charge in [0.1, 0.15) is 17.8 Å². The van der Waals surface area contributed by atoms with Crippen LogP contribution in [0.1, 0.15) is 36.8 Å². The summed E-state index contributed by atoms with van der Waals surface area (Å²) in [6, 6.07) is 16.3. The highest BCUT2D eigenvalue weighted by Gasteiger charge is 2.23. The van der Waals surface area contributed by atoms with Crippen LogP contribution in [0.25, 0.3) is 10.8 Å². The number of anilines is 4. The van der Waals surface area contributed by atoms with Gasteiger partial charge in [-0.05, 0) is 49.3 Å². The molecule has 0 unspecified atom stereocenters. The molecule has 0 atom stereocenters. The zero-order valence-electron chi connectivity index (χ0n) is 28.1. The molecule has 0 spiro atoms. The van der Waals surface area contributed by atoms with Crippen LogP contribution in [0.2, 0.25) is 0 Å². The summed E-state index contributed by atoms with van der Waals surface area (Å²) >= 11 is 1.32. The summed E-state index contributed by atoms with van der Waals surface area (Å²) in [5.74, 6) is 1.27. The van der Waals surface area contributed by atoms with E-state index in [1.807, 2.05) is 55.4 Å². The Hall–Kier alpha value is -5.27. The molecule has 0 aliphatic rings. The fraction of sp³-hybridized carbons (Fsp3) is 0.286. The molecular weight excluding hydrogens is 629 g/mol. The lowest BCUT2D eigenvalue weighted by molar-refractivity contribution is 0.0781. The van der Waals surface area contributed by atoms with Crippen molar-refractivity contribution >= 4 is 56.2 Å². The van der Waals surface area contributed by atoms with E-state index in [1.165, 1.54) is 17.7 Å². The number of nitrogens with one attached hydrogen (secondary N) is 3. The van der Waals surface area contributed by atoms with E-state index in [-0.39, 0.29) is 11.3 Å². The van der Waals surface area contributed by atoms with Gasteiger partial charge < -0.3 is 35.2 Å². The van der Waals surface area contributed by atoms with Crippen LogP contribution in [-0.4, -0.2) is 78.0 Å². The smallest absolute Gasteiger partial charge is 0.323 e. The van der Waals surface area contributed by atoms with Crippen molar-refractivity contribution in [2.24, 2.45) is 0 Å². The Balaban J connectivity index is 1.39. The fourth-order valence-electron chi connectivity index (χ4n) is 4.86. The molecule has 0 aliphatic heterocycles. The quantitative estimate of drug-likeness (QED) is 0.134. The molecule has 2 aromatic heterocycles. The third-order valence-corrected chi connectivity index (χ3v) is 8.26. The predicted octanol–water partition coefficient (Wildman–Crippen LogP) is 7.21. The molecule has 5 aromatic rings. The number of aromatic nitrogens is 3. The third kappa shape index (κ3) is 8.17. The first-order valence-electron chi connectivity index (χ1n) is 15.3. The van der Waals surface area contributed by atoms with E-state index in [0.29, 0.717) is 51.8 Å². The van der Waals surface area contributed by atoms with Crippen molar-refractivity contribution in [2.45, 2.75) is 26.2 Å². The Bertz CT molecular complexity index is 1910. The van der Waals surface area contributed by atoms with E-state index < -0.39 is 6.03 Å². The van der Waals surface area contributed by atoms with E-state index in [9.17, 15) is 9.59 Å². The monoisotopic (exact) mass is 668 g/mol. The fourth-order valence-corrected chi connectivity index (χ4v) is 5.55. The van der Waals surface area contributed by atoms with E-state index in [2.05, 4.69) is 51.7 Å². The summed E-state index contributed by atoms with van der Waals surface area (Å²) in [7, 11) is 7.24. The number of urea groups is 1. The van der Waals surface area contributed by atoms with Crippen molar-refractivity contribution in [3.05, 3.63) is 83.8 Å². The number of amides is 3. The molecular formula is C35H40N8O4S. The summed E-state index contributed by atoms with van der Waals surface area (Å²) < 4.78 is 11.8.